The predicted octanol–water partition coefficient (Wildman–Crippen LogP) is 2.09. The van der Waals surface area contributed by atoms with Gasteiger partial charge in [0.25, 0.3) is 0 Å². The number of morpholine rings is 1. The Labute approximate surface area is 123 Å². The van der Waals surface area contributed by atoms with Crippen LogP contribution in [0.2, 0.25) is 0 Å². The van der Waals surface area contributed by atoms with Crippen LogP contribution >= 0.6 is 0 Å². The Hall–Kier alpha value is -0.610. The Morgan fingerprint density at radius 2 is 2.00 bits per heavy atom. The molecule has 0 spiro atoms. The van der Waals surface area contributed by atoms with E-state index in [0.717, 1.165) is 19.0 Å². The number of unbranched alkanes of at least 4 members (excludes halogenated alkanes) is 1. The molecule has 0 aromatic rings. The fourth-order valence-corrected chi connectivity index (χ4v) is 3.31. The van der Waals surface area contributed by atoms with E-state index in [1.54, 1.807) is 0 Å². The van der Waals surface area contributed by atoms with E-state index in [1.165, 1.54) is 44.9 Å². The minimum atomic E-state index is -0.287. The monoisotopic (exact) mass is 282 g/mol. The lowest BCUT2D eigenvalue weighted by Gasteiger charge is -2.29. The van der Waals surface area contributed by atoms with Gasteiger partial charge in [0.15, 0.2) is 0 Å². The summed E-state index contributed by atoms with van der Waals surface area (Å²) in [6.45, 7) is 5.24. The van der Waals surface area contributed by atoms with Gasteiger partial charge in [-0.15, -0.1) is 0 Å². The summed E-state index contributed by atoms with van der Waals surface area (Å²) in [4.78, 5) is 12.0. The minimum Gasteiger partial charge on any atom is -0.366 e. The highest BCUT2D eigenvalue weighted by atomic mass is 16.5. The number of amides is 1. The van der Waals surface area contributed by atoms with Crippen LogP contribution in [0.5, 0.6) is 0 Å². The van der Waals surface area contributed by atoms with Gasteiger partial charge in [0.2, 0.25) is 5.91 Å². The maximum Gasteiger partial charge on any atom is 0.250 e. The van der Waals surface area contributed by atoms with E-state index in [4.69, 9.17) is 4.74 Å². The van der Waals surface area contributed by atoms with Crippen LogP contribution in [0, 0.1) is 11.8 Å². The zero-order chi connectivity index (χ0) is 14.2. The first-order chi connectivity index (χ1) is 9.79. The van der Waals surface area contributed by atoms with Gasteiger partial charge in [0.05, 0.1) is 6.61 Å². The molecule has 1 unspecified atom stereocenters. The Kier molecular flexibility index (Phi) is 6.80. The van der Waals surface area contributed by atoms with Gasteiger partial charge in [0, 0.05) is 19.6 Å². The van der Waals surface area contributed by atoms with Crippen LogP contribution in [0.25, 0.3) is 0 Å². The van der Waals surface area contributed by atoms with Crippen molar-refractivity contribution in [3.8, 4) is 0 Å². The minimum absolute atomic E-state index is 0.0605. The number of ether oxygens (including phenoxy) is 1. The summed E-state index contributed by atoms with van der Waals surface area (Å²) in [7, 11) is 0. The van der Waals surface area contributed by atoms with E-state index in [9.17, 15) is 4.79 Å². The van der Waals surface area contributed by atoms with E-state index < -0.39 is 0 Å². The second kappa shape index (κ2) is 8.63. The van der Waals surface area contributed by atoms with E-state index in [-0.39, 0.29) is 12.0 Å². The molecular weight excluding hydrogens is 252 g/mol. The Balaban J connectivity index is 1.59. The lowest BCUT2D eigenvalue weighted by Crippen LogP contribution is -2.48. The molecule has 2 aliphatic rings. The molecule has 1 saturated carbocycles. The topological polar surface area (TPSA) is 50.4 Å². The van der Waals surface area contributed by atoms with Crippen molar-refractivity contribution in [1.29, 1.82) is 0 Å². The molecule has 1 atom stereocenters. The summed E-state index contributed by atoms with van der Waals surface area (Å²) < 4.78 is 5.47. The lowest BCUT2D eigenvalue weighted by atomic mass is 9.80. The van der Waals surface area contributed by atoms with Crippen LogP contribution in [-0.4, -0.2) is 38.3 Å². The van der Waals surface area contributed by atoms with E-state index in [2.05, 4.69) is 17.6 Å². The van der Waals surface area contributed by atoms with E-state index >= 15 is 0 Å². The average molecular weight is 282 g/mol. The zero-order valence-electron chi connectivity index (χ0n) is 12.8. The molecule has 4 heteroatoms. The fraction of sp³-hybridized carbons (Fsp3) is 0.938. The molecule has 1 amide bonds. The van der Waals surface area contributed by atoms with Gasteiger partial charge in [-0.25, -0.2) is 0 Å². The van der Waals surface area contributed by atoms with Crippen molar-refractivity contribution in [2.45, 2.75) is 58.0 Å². The molecule has 0 bridgehead atoms. The SMILES string of the molecule is CCCCC1CCC(CNC(=O)C2CNCCO2)CC1. The maximum absolute atomic E-state index is 12.0. The smallest absolute Gasteiger partial charge is 0.250 e. The van der Waals surface area contributed by atoms with Crippen molar-refractivity contribution in [3.05, 3.63) is 0 Å². The largest absolute Gasteiger partial charge is 0.366 e. The van der Waals surface area contributed by atoms with Gasteiger partial charge in [-0.2, -0.15) is 0 Å². The lowest BCUT2D eigenvalue weighted by molar-refractivity contribution is -0.134. The number of hydrogen-bond acceptors (Lipinski definition) is 3. The number of nitrogens with one attached hydrogen (secondary N) is 2. The summed E-state index contributed by atoms with van der Waals surface area (Å²) in [5.41, 5.74) is 0. The zero-order valence-corrected chi connectivity index (χ0v) is 12.8. The van der Waals surface area contributed by atoms with Crippen molar-refractivity contribution in [2.24, 2.45) is 11.8 Å². The Morgan fingerprint density at radius 1 is 1.25 bits per heavy atom. The van der Waals surface area contributed by atoms with Crippen LogP contribution in [0.4, 0.5) is 0 Å². The van der Waals surface area contributed by atoms with Gasteiger partial charge in [-0.1, -0.05) is 39.0 Å². The van der Waals surface area contributed by atoms with Crippen LogP contribution in [0.15, 0.2) is 0 Å². The number of rotatable bonds is 6. The molecule has 1 aliphatic carbocycles. The van der Waals surface area contributed by atoms with Gasteiger partial charge in [0.1, 0.15) is 6.10 Å². The van der Waals surface area contributed by atoms with Crippen LogP contribution in [-0.2, 0) is 9.53 Å². The molecule has 116 valence electrons. The first kappa shape index (κ1) is 15.8. The second-order valence-corrected chi connectivity index (χ2v) is 6.34. The molecule has 1 saturated heterocycles. The molecular formula is C16H30N2O2. The Bertz CT molecular complexity index is 282. The highest BCUT2D eigenvalue weighted by Gasteiger charge is 2.24. The highest BCUT2D eigenvalue weighted by molar-refractivity contribution is 5.81. The third-order valence-corrected chi connectivity index (χ3v) is 4.72. The first-order valence-electron chi connectivity index (χ1n) is 8.39. The molecule has 2 N–H and O–H groups in total. The number of carbonyl (C=O) groups excluding carboxylic acids is 1. The fourth-order valence-electron chi connectivity index (χ4n) is 3.31. The van der Waals surface area contributed by atoms with Crippen LogP contribution in [0.3, 0.4) is 0 Å². The highest BCUT2D eigenvalue weighted by Crippen LogP contribution is 2.31. The van der Waals surface area contributed by atoms with Gasteiger partial charge in [-0.3, -0.25) is 4.79 Å². The van der Waals surface area contributed by atoms with E-state index in [1.807, 2.05) is 0 Å². The second-order valence-electron chi connectivity index (χ2n) is 6.34. The summed E-state index contributed by atoms with van der Waals surface area (Å²) in [6, 6.07) is 0. The van der Waals surface area contributed by atoms with Crippen LogP contribution in [0.1, 0.15) is 51.9 Å². The summed E-state index contributed by atoms with van der Waals surface area (Å²) >= 11 is 0. The predicted molar refractivity (Wildman–Crippen MR) is 80.6 cm³/mol. The van der Waals surface area contributed by atoms with E-state index in [0.29, 0.717) is 19.1 Å². The third kappa shape index (κ3) is 5.06. The quantitative estimate of drug-likeness (QED) is 0.784. The van der Waals surface area contributed by atoms with Crippen molar-refractivity contribution >= 4 is 5.91 Å². The van der Waals surface area contributed by atoms with Crippen molar-refractivity contribution in [1.82, 2.24) is 10.6 Å². The molecule has 1 heterocycles. The van der Waals surface area contributed by atoms with Gasteiger partial charge >= 0.3 is 0 Å². The third-order valence-electron chi connectivity index (χ3n) is 4.72. The van der Waals surface area contributed by atoms with Gasteiger partial charge < -0.3 is 15.4 Å². The molecule has 0 aromatic heterocycles. The average Bonchev–Trinajstić information content (AvgIpc) is 2.52. The van der Waals surface area contributed by atoms with Crippen molar-refractivity contribution < 1.29 is 9.53 Å². The van der Waals surface area contributed by atoms with Crippen LogP contribution < -0.4 is 10.6 Å². The molecule has 2 rings (SSSR count). The normalized spacial score (nSPS) is 30.9. The van der Waals surface area contributed by atoms with Gasteiger partial charge in [-0.05, 0) is 24.7 Å². The molecule has 1 aliphatic heterocycles. The standard InChI is InChI=1S/C16H30N2O2/c1-2-3-4-13-5-7-14(8-6-13)11-18-16(19)15-12-17-9-10-20-15/h13-15,17H,2-12H2,1H3,(H,18,19). The summed E-state index contributed by atoms with van der Waals surface area (Å²) in [5, 5.41) is 6.27. The molecule has 2 fully saturated rings. The number of carbonyl (C=O) groups is 1. The summed E-state index contributed by atoms with van der Waals surface area (Å²) in [5.74, 6) is 1.67. The van der Waals surface area contributed by atoms with Crippen molar-refractivity contribution in [2.75, 3.05) is 26.2 Å². The van der Waals surface area contributed by atoms with Crippen molar-refractivity contribution in [3.63, 3.8) is 0 Å². The Morgan fingerprint density at radius 3 is 2.65 bits per heavy atom. The molecule has 4 nitrogen and oxygen atoms in total. The number of hydrogen-bond donors (Lipinski definition) is 2. The molecule has 0 radical (unpaired) electrons. The summed E-state index contributed by atoms with van der Waals surface area (Å²) in [6.07, 6.45) is 9.05. The molecule has 0 aromatic carbocycles. The maximum atomic E-state index is 12.0. The molecule has 20 heavy (non-hydrogen) atoms. The first-order valence-corrected chi connectivity index (χ1v) is 8.39.